The minimum atomic E-state index is 0. The molecule has 2 aliphatic rings. The van der Waals surface area contributed by atoms with E-state index >= 15 is 0 Å². The second-order valence-electron chi connectivity index (χ2n) is 22.0. The van der Waals surface area contributed by atoms with Crippen LogP contribution in [0.2, 0.25) is 0 Å². The summed E-state index contributed by atoms with van der Waals surface area (Å²) in [5, 5.41) is 4.76. The fourth-order valence-corrected chi connectivity index (χ4v) is 11.2. The van der Waals surface area contributed by atoms with Gasteiger partial charge < -0.3 is 9.97 Å². The van der Waals surface area contributed by atoms with Crippen LogP contribution in [0.4, 0.5) is 0 Å². The van der Waals surface area contributed by atoms with Gasteiger partial charge in [0.15, 0.2) is 0 Å². The Morgan fingerprint density at radius 2 is 0.722 bits per heavy atom. The van der Waals surface area contributed by atoms with Gasteiger partial charge in [0.25, 0.3) is 0 Å². The molecule has 0 saturated heterocycles. The van der Waals surface area contributed by atoms with Gasteiger partial charge in [0.1, 0.15) is 0 Å². The minimum absolute atomic E-state index is 0. The molecule has 4 nitrogen and oxygen atoms in total. The zero-order chi connectivity index (χ0) is 55.0. The fraction of sp³-hybridized carbons (Fsp3) is 0.270. The summed E-state index contributed by atoms with van der Waals surface area (Å²) >= 11 is 0. The van der Waals surface area contributed by atoms with Crippen LogP contribution in [0.3, 0.4) is 0 Å². The summed E-state index contributed by atoms with van der Waals surface area (Å²) < 4.78 is 0. The molecule has 8 aromatic rings. The summed E-state index contributed by atoms with van der Waals surface area (Å²) in [4.78, 5) is 20.9. The van der Waals surface area contributed by atoms with Crippen LogP contribution in [0.5, 0.6) is 0 Å². The Balaban J connectivity index is 0.000000205. The standard InChI is InChI=1S/2C37H39N2.Cu/c2*1-7-28-29(8-2)35(38-34(28)21-18-26-14-10-9-11-15-26)23-36-30-16-12-13-17-31(30)37(39-36)32-20-19-27(24(3)4)22-33(32)25(5)6;/h2*9-25H,7-8H2,1-6H3;/q2*-1;/b2*21-18+,35-23-;. The van der Waals surface area contributed by atoms with E-state index in [0.29, 0.717) is 23.7 Å². The molecule has 10 rings (SSSR count). The van der Waals surface area contributed by atoms with E-state index in [1.54, 1.807) is 0 Å². The molecular formula is C74H78CuN4-2. The Morgan fingerprint density at radius 3 is 1.05 bits per heavy atom. The van der Waals surface area contributed by atoms with Gasteiger partial charge >= 0.3 is 0 Å². The van der Waals surface area contributed by atoms with Gasteiger partial charge in [-0.1, -0.05) is 253 Å². The topological polar surface area (TPSA) is 52.9 Å². The third-order valence-electron chi connectivity index (χ3n) is 15.5. The van der Waals surface area contributed by atoms with E-state index in [9.17, 15) is 0 Å². The van der Waals surface area contributed by atoms with E-state index in [0.717, 1.165) is 71.3 Å². The molecule has 79 heavy (non-hydrogen) atoms. The largest absolute Gasteiger partial charge is 0.656 e. The van der Waals surface area contributed by atoms with E-state index in [2.05, 4.69) is 253 Å². The third kappa shape index (κ3) is 12.6. The SMILES string of the molecule is CCC1=C(CC)/C(=C/c2[n-]c(-c3ccc(C(C)C)cc3C(C)C)c3ccccc23)N=C1/C=C/c1ccccc1.CCC1=C(CC)/C(=C/c2[n-]c(-c3ccc(C(C)C)cc3C(C)C)c3ccccc23)N=C1/C=C/c1ccccc1.[Cu]. The van der Waals surface area contributed by atoms with E-state index in [4.69, 9.17) is 20.0 Å². The van der Waals surface area contributed by atoms with Crippen LogP contribution in [-0.4, -0.2) is 11.4 Å². The fourth-order valence-electron chi connectivity index (χ4n) is 11.2. The second kappa shape index (κ2) is 26.1. The number of allylic oxidation sites excluding steroid dienone is 6. The number of aromatic nitrogens is 2. The predicted molar refractivity (Wildman–Crippen MR) is 339 cm³/mol. The molecule has 0 atom stereocenters. The zero-order valence-electron chi connectivity index (χ0n) is 48.5. The average molecular weight is 1090 g/mol. The molecule has 0 bridgehead atoms. The van der Waals surface area contributed by atoms with Crippen molar-refractivity contribution in [2.24, 2.45) is 9.98 Å². The van der Waals surface area contributed by atoms with Gasteiger partial charge in [-0.15, -0.1) is 22.8 Å². The van der Waals surface area contributed by atoms with Crippen LogP contribution in [0.1, 0.15) is 177 Å². The molecule has 5 heteroatoms. The maximum absolute atomic E-state index is 5.29. The van der Waals surface area contributed by atoms with Crippen molar-refractivity contribution in [3.8, 4) is 22.5 Å². The molecule has 0 saturated carbocycles. The number of aliphatic imine (C=N–C) groups is 2. The normalized spacial score (nSPS) is 14.9. The summed E-state index contributed by atoms with van der Waals surface area (Å²) in [6.07, 6.45) is 16.9. The summed E-state index contributed by atoms with van der Waals surface area (Å²) in [5.74, 6) is 1.82. The number of benzene rings is 6. The van der Waals surface area contributed by atoms with Crippen LogP contribution in [0, 0.1) is 0 Å². The number of hydrogen-bond donors (Lipinski definition) is 0. The average Bonchev–Trinajstić information content (AvgIpc) is 4.39. The van der Waals surface area contributed by atoms with Crippen LogP contribution in [0.25, 0.3) is 68.4 Å². The number of nitrogens with zero attached hydrogens (tertiary/aromatic N) is 4. The molecule has 0 amide bonds. The molecular weight excluding hydrogens is 1010 g/mol. The Labute approximate surface area is 482 Å². The monoisotopic (exact) mass is 1090 g/mol. The number of rotatable bonds is 16. The first kappa shape index (κ1) is 57.9. The van der Waals surface area contributed by atoms with Crippen molar-refractivity contribution >= 4 is 57.3 Å². The number of hydrogen-bond acceptors (Lipinski definition) is 2. The Morgan fingerprint density at radius 1 is 0.380 bits per heavy atom. The van der Waals surface area contributed by atoms with Crippen molar-refractivity contribution in [1.82, 2.24) is 9.97 Å². The molecule has 2 aliphatic heterocycles. The van der Waals surface area contributed by atoms with Crippen molar-refractivity contribution in [3.05, 3.63) is 236 Å². The summed E-state index contributed by atoms with van der Waals surface area (Å²) in [7, 11) is 0. The summed E-state index contributed by atoms with van der Waals surface area (Å²) in [6.45, 7) is 27.0. The Kier molecular flexibility index (Phi) is 19.1. The van der Waals surface area contributed by atoms with E-state index in [-0.39, 0.29) is 17.1 Å². The zero-order valence-corrected chi connectivity index (χ0v) is 49.5. The van der Waals surface area contributed by atoms with E-state index < -0.39 is 0 Å². The summed E-state index contributed by atoms with van der Waals surface area (Å²) in [5.41, 5.74) is 23.9. The van der Waals surface area contributed by atoms with Gasteiger partial charge in [-0.05, 0) is 150 Å². The maximum Gasteiger partial charge on any atom is 0.0672 e. The van der Waals surface area contributed by atoms with Crippen LogP contribution >= 0.6 is 0 Å². The van der Waals surface area contributed by atoms with Crippen molar-refractivity contribution in [3.63, 3.8) is 0 Å². The van der Waals surface area contributed by atoms with Crippen molar-refractivity contribution in [2.45, 2.75) is 132 Å². The predicted octanol–water partition coefficient (Wildman–Crippen LogP) is 20.7. The molecule has 0 N–H and O–H groups in total. The molecule has 6 aromatic carbocycles. The van der Waals surface area contributed by atoms with Crippen LogP contribution in [-0.2, 0) is 17.1 Å². The van der Waals surface area contributed by atoms with Crippen molar-refractivity contribution in [2.75, 3.05) is 0 Å². The quantitative estimate of drug-likeness (QED) is 0.0906. The minimum Gasteiger partial charge on any atom is -0.656 e. The Hall–Kier alpha value is -7.30. The second-order valence-corrected chi connectivity index (χ2v) is 22.0. The smallest absolute Gasteiger partial charge is 0.0672 e. The first-order valence-electron chi connectivity index (χ1n) is 28.7. The molecule has 407 valence electrons. The van der Waals surface area contributed by atoms with Crippen molar-refractivity contribution in [1.29, 1.82) is 0 Å². The first-order valence-corrected chi connectivity index (χ1v) is 28.7. The maximum atomic E-state index is 5.29. The van der Waals surface area contributed by atoms with Gasteiger partial charge in [-0.3, -0.25) is 0 Å². The van der Waals surface area contributed by atoms with E-state index in [1.807, 2.05) is 12.1 Å². The summed E-state index contributed by atoms with van der Waals surface area (Å²) in [6, 6.07) is 52.0. The molecule has 0 unspecified atom stereocenters. The van der Waals surface area contributed by atoms with Crippen molar-refractivity contribution < 1.29 is 17.1 Å². The van der Waals surface area contributed by atoms with Crippen LogP contribution < -0.4 is 9.97 Å². The van der Waals surface area contributed by atoms with Gasteiger partial charge in [0, 0.05) is 17.1 Å². The molecule has 0 spiro atoms. The van der Waals surface area contributed by atoms with Gasteiger partial charge in [-0.2, -0.15) is 0 Å². The molecule has 1 radical (unpaired) electrons. The molecule has 0 fully saturated rings. The first-order chi connectivity index (χ1) is 37.8. The number of fused-ring (bicyclic) bond motifs is 2. The van der Waals surface area contributed by atoms with Gasteiger partial charge in [0.05, 0.1) is 22.8 Å². The molecule has 0 aliphatic carbocycles. The molecule has 4 heterocycles. The Bertz CT molecular complexity index is 3460. The van der Waals surface area contributed by atoms with Gasteiger partial charge in [-0.25, -0.2) is 9.98 Å². The van der Waals surface area contributed by atoms with Crippen LogP contribution in [0.15, 0.2) is 201 Å². The third-order valence-corrected chi connectivity index (χ3v) is 15.5. The molecule has 2 aromatic heterocycles. The van der Waals surface area contributed by atoms with E-state index in [1.165, 1.54) is 88.3 Å². The van der Waals surface area contributed by atoms with Gasteiger partial charge in [0.2, 0.25) is 0 Å².